The third-order valence-electron chi connectivity index (χ3n) is 1.96. The van der Waals surface area contributed by atoms with Crippen LogP contribution in [0.1, 0.15) is 0 Å². The van der Waals surface area contributed by atoms with Crippen LogP contribution in [0.4, 0.5) is 5.69 Å². The van der Waals surface area contributed by atoms with Gasteiger partial charge < -0.3 is 0 Å². The van der Waals surface area contributed by atoms with E-state index in [4.69, 9.17) is 23.2 Å². The lowest BCUT2D eigenvalue weighted by molar-refractivity contribution is 0.603. The molecule has 0 aliphatic carbocycles. The van der Waals surface area contributed by atoms with Crippen LogP contribution in [-0.4, -0.2) is 8.42 Å². The Morgan fingerprint density at radius 2 is 1.88 bits per heavy atom. The van der Waals surface area contributed by atoms with Gasteiger partial charge in [-0.3, -0.25) is 4.72 Å². The number of hydrogen-bond donors (Lipinski definition) is 1. The molecule has 0 saturated heterocycles. The normalized spacial score (nSPS) is 11.4. The highest BCUT2D eigenvalue weighted by molar-refractivity contribution is 7.94. The van der Waals surface area contributed by atoms with Crippen LogP contribution in [0.15, 0.2) is 39.9 Å². The molecular formula is C10H7Cl2NO2S2. The summed E-state index contributed by atoms with van der Waals surface area (Å²) in [4.78, 5) is 0. The van der Waals surface area contributed by atoms with E-state index in [2.05, 4.69) is 4.72 Å². The van der Waals surface area contributed by atoms with Gasteiger partial charge in [0.2, 0.25) is 0 Å². The van der Waals surface area contributed by atoms with Gasteiger partial charge in [-0.05, 0) is 23.6 Å². The van der Waals surface area contributed by atoms with Crippen LogP contribution in [0.2, 0.25) is 10.0 Å². The zero-order chi connectivity index (χ0) is 12.5. The molecular weight excluding hydrogens is 301 g/mol. The molecule has 0 bridgehead atoms. The summed E-state index contributed by atoms with van der Waals surface area (Å²) in [5, 5.41) is 2.18. The van der Waals surface area contributed by atoms with Gasteiger partial charge >= 0.3 is 0 Å². The lowest BCUT2D eigenvalue weighted by atomic mass is 10.3. The standard InChI is InChI=1S/C10H7Cl2NO2S2/c11-7-3-1-4-8(10(7)12)13-17(14,15)9-5-2-6-16-9/h1-6,13H. The molecule has 17 heavy (non-hydrogen) atoms. The average Bonchev–Trinajstić information content (AvgIpc) is 2.78. The van der Waals surface area contributed by atoms with E-state index in [0.717, 1.165) is 11.3 Å². The molecule has 0 saturated carbocycles. The molecule has 0 amide bonds. The maximum atomic E-state index is 11.9. The summed E-state index contributed by atoms with van der Waals surface area (Å²) >= 11 is 12.8. The first-order valence-electron chi connectivity index (χ1n) is 4.51. The highest BCUT2D eigenvalue weighted by Crippen LogP contribution is 2.31. The molecule has 3 nitrogen and oxygen atoms in total. The Morgan fingerprint density at radius 1 is 1.12 bits per heavy atom. The SMILES string of the molecule is O=S(=O)(Nc1cccc(Cl)c1Cl)c1cccs1. The van der Waals surface area contributed by atoms with Gasteiger partial charge in [-0.2, -0.15) is 0 Å². The van der Waals surface area contributed by atoms with Gasteiger partial charge in [-0.25, -0.2) is 8.42 Å². The molecule has 2 rings (SSSR count). The molecule has 0 unspecified atom stereocenters. The Labute approximate surface area is 113 Å². The van der Waals surface area contributed by atoms with Crippen molar-refractivity contribution in [2.24, 2.45) is 0 Å². The maximum absolute atomic E-state index is 11.9. The molecule has 1 N–H and O–H groups in total. The van der Waals surface area contributed by atoms with Crippen molar-refractivity contribution in [3.63, 3.8) is 0 Å². The molecule has 1 aromatic heterocycles. The fourth-order valence-electron chi connectivity index (χ4n) is 1.19. The Morgan fingerprint density at radius 3 is 2.53 bits per heavy atom. The Hall–Kier alpha value is -0.750. The van der Waals surface area contributed by atoms with Crippen LogP contribution < -0.4 is 4.72 Å². The first-order valence-corrected chi connectivity index (χ1v) is 7.63. The van der Waals surface area contributed by atoms with Crippen molar-refractivity contribution in [3.05, 3.63) is 45.8 Å². The molecule has 0 atom stereocenters. The van der Waals surface area contributed by atoms with Gasteiger partial charge in [-0.1, -0.05) is 35.3 Å². The van der Waals surface area contributed by atoms with Gasteiger partial charge in [0, 0.05) is 0 Å². The van der Waals surface area contributed by atoms with Gasteiger partial charge in [0.05, 0.1) is 15.7 Å². The van der Waals surface area contributed by atoms with Crippen LogP contribution in [0, 0.1) is 0 Å². The van der Waals surface area contributed by atoms with Crippen LogP contribution in [0.3, 0.4) is 0 Å². The third-order valence-corrected chi connectivity index (χ3v) is 5.54. The van der Waals surface area contributed by atoms with Crippen LogP contribution in [0.5, 0.6) is 0 Å². The zero-order valence-corrected chi connectivity index (χ0v) is 11.5. The molecule has 0 aliphatic rings. The molecule has 0 spiro atoms. The van der Waals surface area contributed by atoms with Crippen LogP contribution in [-0.2, 0) is 10.0 Å². The van der Waals surface area contributed by atoms with E-state index < -0.39 is 10.0 Å². The summed E-state index contributed by atoms with van der Waals surface area (Å²) < 4.78 is 26.5. The predicted octanol–water partition coefficient (Wildman–Crippen LogP) is 3.86. The average molecular weight is 308 g/mol. The third kappa shape index (κ3) is 2.74. The maximum Gasteiger partial charge on any atom is 0.271 e. The minimum absolute atomic E-state index is 0.189. The number of sulfonamides is 1. The summed E-state index contributed by atoms with van der Waals surface area (Å²) in [5.41, 5.74) is 0.271. The highest BCUT2D eigenvalue weighted by Gasteiger charge is 2.17. The number of halogens is 2. The molecule has 2 aromatic rings. The van der Waals surface area contributed by atoms with Gasteiger partial charge in [0.25, 0.3) is 10.0 Å². The zero-order valence-electron chi connectivity index (χ0n) is 8.35. The van der Waals surface area contributed by atoms with E-state index in [0.29, 0.717) is 5.02 Å². The summed E-state index contributed by atoms with van der Waals surface area (Å²) in [7, 11) is -3.58. The molecule has 1 heterocycles. The topological polar surface area (TPSA) is 46.2 Å². The lowest BCUT2D eigenvalue weighted by Gasteiger charge is -2.08. The highest BCUT2D eigenvalue weighted by atomic mass is 35.5. The largest absolute Gasteiger partial charge is 0.277 e. The smallest absolute Gasteiger partial charge is 0.271 e. The van der Waals surface area contributed by atoms with Gasteiger partial charge in [0.1, 0.15) is 4.21 Å². The van der Waals surface area contributed by atoms with Crippen molar-refractivity contribution in [2.45, 2.75) is 4.21 Å². The van der Waals surface area contributed by atoms with E-state index in [1.165, 1.54) is 6.07 Å². The predicted molar refractivity (Wildman–Crippen MR) is 71.6 cm³/mol. The van der Waals surface area contributed by atoms with E-state index in [1.54, 1.807) is 29.6 Å². The first-order chi connectivity index (χ1) is 8.00. The van der Waals surface area contributed by atoms with Crippen LogP contribution in [0.25, 0.3) is 0 Å². The molecule has 0 radical (unpaired) electrons. The van der Waals surface area contributed by atoms with Gasteiger partial charge in [-0.15, -0.1) is 11.3 Å². The second-order valence-corrected chi connectivity index (χ2v) is 6.78. The molecule has 1 aromatic carbocycles. The van der Waals surface area contributed by atoms with E-state index in [-0.39, 0.29) is 14.9 Å². The Bertz CT molecular complexity index is 624. The Balaban J connectivity index is 2.37. The minimum atomic E-state index is -3.58. The van der Waals surface area contributed by atoms with Crippen LogP contribution >= 0.6 is 34.5 Å². The summed E-state index contributed by atoms with van der Waals surface area (Å²) in [6.07, 6.45) is 0. The monoisotopic (exact) mass is 307 g/mol. The van der Waals surface area contributed by atoms with Crippen molar-refractivity contribution in [3.8, 4) is 0 Å². The number of hydrogen-bond acceptors (Lipinski definition) is 3. The van der Waals surface area contributed by atoms with E-state index in [1.807, 2.05) is 0 Å². The van der Waals surface area contributed by atoms with Crippen molar-refractivity contribution in [1.82, 2.24) is 0 Å². The number of benzene rings is 1. The first kappa shape index (κ1) is 12.7. The molecule has 90 valence electrons. The lowest BCUT2D eigenvalue weighted by Crippen LogP contribution is -2.11. The number of anilines is 1. The summed E-state index contributed by atoms with van der Waals surface area (Å²) in [6, 6.07) is 7.96. The fraction of sp³-hybridized carbons (Fsp3) is 0. The number of thiophene rings is 1. The van der Waals surface area contributed by atoms with Crippen molar-refractivity contribution < 1.29 is 8.42 Å². The number of nitrogens with one attached hydrogen (secondary N) is 1. The second kappa shape index (κ2) is 4.86. The molecule has 0 aliphatic heterocycles. The van der Waals surface area contributed by atoms with E-state index in [9.17, 15) is 8.42 Å². The van der Waals surface area contributed by atoms with E-state index >= 15 is 0 Å². The number of rotatable bonds is 3. The Kier molecular flexibility index (Phi) is 3.63. The quantitative estimate of drug-likeness (QED) is 0.936. The fourth-order valence-corrected chi connectivity index (χ4v) is 3.66. The van der Waals surface area contributed by atoms with Crippen molar-refractivity contribution in [2.75, 3.05) is 4.72 Å². The van der Waals surface area contributed by atoms with Crippen molar-refractivity contribution in [1.29, 1.82) is 0 Å². The van der Waals surface area contributed by atoms with Crippen molar-refractivity contribution >= 4 is 50.2 Å². The summed E-state index contributed by atoms with van der Waals surface area (Å²) in [6.45, 7) is 0. The molecule has 0 fully saturated rings. The second-order valence-electron chi connectivity index (χ2n) is 3.14. The molecule has 7 heteroatoms. The summed E-state index contributed by atoms with van der Waals surface area (Å²) in [5.74, 6) is 0. The minimum Gasteiger partial charge on any atom is -0.277 e. The van der Waals surface area contributed by atoms with Gasteiger partial charge in [0.15, 0.2) is 0 Å².